The number of hydrogen-bond donors (Lipinski definition) is 1. The van der Waals surface area contributed by atoms with Crippen LogP contribution in [0.3, 0.4) is 0 Å². The highest BCUT2D eigenvalue weighted by atomic mass is 16.3. The molecule has 0 bridgehead atoms. The van der Waals surface area contributed by atoms with Crippen molar-refractivity contribution in [2.45, 2.75) is 26.4 Å². The van der Waals surface area contributed by atoms with Crippen LogP contribution in [-0.4, -0.2) is 14.9 Å². The van der Waals surface area contributed by atoms with E-state index in [1.165, 1.54) is 0 Å². The van der Waals surface area contributed by atoms with E-state index in [-0.39, 0.29) is 6.10 Å². The fourth-order valence-electron chi connectivity index (χ4n) is 1.16. The molecule has 0 aromatic carbocycles. The van der Waals surface area contributed by atoms with Gasteiger partial charge in [-0.05, 0) is 13.3 Å². The normalized spacial score (nSPS) is 13.5. The average molecular weight is 154 g/mol. The Bertz CT molecular complexity index is 242. The fraction of sp³-hybridized carbons (Fsp3) is 0.625. The number of aliphatic hydroxyl groups excluding tert-OH is 1. The van der Waals surface area contributed by atoms with Crippen LogP contribution in [0.15, 0.2) is 6.20 Å². The molecule has 0 aliphatic carbocycles. The van der Waals surface area contributed by atoms with Crippen molar-refractivity contribution in [3.63, 3.8) is 0 Å². The first-order chi connectivity index (χ1) is 5.15. The molecule has 11 heavy (non-hydrogen) atoms. The number of rotatable bonds is 2. The second kappa shape index (κ2) is 3.05. The Morgan fingerprint density at radius 3 is 2.73 bits per heavy atom. The third kappa shape index (κ3) is 1.60. The zero-order valence-electron chi connectivity index (χ0n) is 7.20. The van der Waals surface area contributed by atoms with Crippen LogP contribution in [0.25, 0.3) is 0 Å². The van der Waals surface area contributed by atoms with E-state index >= 15 is 0 Å². The standard InChI is InChI=1S/C8H14N2O/c1-4-8(11)7-5-10(3)9-6(7)2/h5,8,11H,4H2,1-3H3/t8-/m0/s1. The lowest BCUT2D eigenvalue weighted by molar-refractivity contribution is 0.173. The molecular formula is C8H14N2O. The molecule has 1 N–H and O–H groups in total. The second-order valence-electron chi connectivity index (χ2n) is 2.77. The predicted molar refractivity (Wildman–Crippen MR) is 43.2 cm³/mol. The van der Waals surface area contributed by atoms with Crippen molar-refractivity contribution in [1.82, 2.24) is 9.78 Å². The van der Waals surface area contributed by atoms with Crippen LogP contribution >= 0.6 is 0 Å². The van der Waals surface area contributed by atoms with E-state index in [1.54, 1.807) is 4.68 Å². The van der Waals surface area contributed by atoms with Crippen LogP contribution in [0.1, 0.15) is 30.7 Å². The predicted octanol–water partition coefficient (Wildman–Crippen LogP) is 1.17. The van der Waals surface area contributed by atoms with Gasteiger partial charge in [-0.2, -0.15) is 5.10 Å². The van der Waals surface area contributed by atoms with Gasteiger partial charge >= 0.3 is 0 Å². The van der Waals surface area contributed by atoms with Crippen molar-refractivity contribution in [2.24, 2.45) is 7.05 Å². The molecule has 0 aliphatic heterocycles. The molecule has 0 aliphatic rings. The Balaban J connectivity index is 2.93. The summed E-state index contributed by atoms with van der Waals surface area (Å²) in [6.07, 6.45) is 2.25. The van der Waals surface area contributed by atoms with Gasteiger partial charge in [0.15, 0.2) is 0 Å². The van der Waals surface area contributed by atoms with Gasteiger partial charge in [0.05, 0.1) is 11.8 Å². The Labute approximate surface area is 66.7 Å². The summed E-state index contributed by atoms with van der Waals surface area (Å²) in [6, 6.07) is 0. The van der Waals surface area contributed by atoms with Crippen LogP contribution in [0.4, 0.5) is 0 Å². The van der Waals surface area contributed by atoms with Crippen molar-refractivity contribution in [3.05, 3.63) is 17.5 Å². The summed E-state index contributed by atoms with van der Waals surface area (Å²) in [5.41, 5.74) is 1.86. The van der Waals surface area contributed by atoms with Gasteiger partial charge in [-0.1, -0.05) is 6.92 Å². The number of aromatic nitrogens is 2. The number of nitrogens with zero attached hydrogens (tertiary/aromatic N) is 2. The van der Waals surface area contributed by atoms with Crippen molar-refractivity contribution in [3.8, 4) is 0 Å². The molecule has 0 unspecified atom stereocenters. The first-order valence-corrected chi connectivity index (χ1v) is 3.83. The van der Waals surface area contributed by atoms with E-state index < -0.39 is 0 Å². The van der Waals surface area contributed by atoms with Crippen LogP contribution in [-0.2, 0) is 7.05 Å². The van der Waals surface area contributed by atoms with E-state index in [4.69, 9.17) is 0 Å². The Kier molecular flexibility index (Phi) is 2.29. The largest absolute Gasteiger partial charge is 0.388 e. The van der Waals surface area contributed by atoms with Gasteiger partial charge in [0, 0.05) is 18.8 Å². The Morgan fingerprint density at radius 2 is 2.36 bits per heavy atom. The monoisotopic (exact) mass is 154 g/mol. The molecule has 62 valence electrons. The summed E-state index contributed by atoms with van der Waals surface area (Å²) in [6.45, 7) is 3.87. The van der Waals surface area contributed by atoms with Gasteiger partial charge in [-0.15, -0.1) is 0 Å². The highest BCUT2D eigenvalue weighted by molar-refractivity contribution is 5.17. The molecule has 1 aromatic rings. The topological polar surface area (TPSA) is 38.0 Å². The Hall–Kier alpha value is -0.830. The zero-order valence-corrected chi connectivity index (χ0v) is 7.20. The van der Waals surface area contributed by atoms with E-state index in [0.29, 0.717) is 0 Å². The SMILES string of the molecule is CC[C@H](O)c1cn(C)nc1C. The molecular weight excluding hydrogens is 140 g/mol. The van der Waals surface area contributed by atoms with Gasteiger partial charge in [-0.3, -0.25) is 4.68 Å². The summed E-state index contributed by atoms with van der Waals surface area (Å²) in [7, 11) is 1.86. The highest BCUT2D eigenvalue weighted by Crippen LogP contribution is 2.18. The molecule has 0 radical (unpaired) electrons. The van der Waals surface area contributed by atoms with Gasteiger partial charge in [0.1, 0.15) is 0 Å². The molecule has 0 spiro atoms. The van der Waals surface area contributed by atoms with Crippen molar-refractivity contribution in [1.29, 1.82) is 0 Å². The van der Waals surface area contributed by atoms with Crippen molar-refractivity contribution in [2.75, 3.05) is 0 Å². The molecule has 1 aromatic heterocycles. The smallest absolute Gasteiger partial charge is 0.0820 e. The maximum atomic E-state index is 9.47. The van der Waals surface area contributed by atoms with E-state index in [1.807, 2.05) is 27.1 Å². The molecule has 3 heteroatoms. The summed E-state index contributed by atoms with van der Waals surface area (Å²) < 4.78 is 1.73. The number of aryl methyl sites for hydroxylation is 2. The first-order valence-electron chi connectivity index (χ1n) is 3.83. The maximum absolute atomic E-state index is 9.47. The zero-order chi connectivity index (χ0) is 8.43. The molecule has 0 saturated carbocycles. The third-order valence-electron chi connectivity index (χ3n) is 1.80. The van der Waals surface area contributed by atoms with Gasteiger partial charge in [0.2, 0.25) is 0 Å². The Morgan fingerprint density at radius 1 is 1.73 bits per heavy atom. The number of hydrogen-bond acceptors (Lipinski definition) is 2. The van der Waals surface area contributed by atoms with E-state index in [9.17, 15) is 5.11 Å². The summed E-state index contributed by atoms with van der Waals surface area (Å²) in [4.78, 5) is 0. The van der Waals surface area contributed by atoms with Gasteiger partial charge in [0.25, 0.3) is 0 Å². The van der Waals surface area contributed by atoms with Crippen molar-refractivity contribution < 1.29 is 5.11 Å². The van der Waals surface area contributed by atoms with Crippen LogP contribution in [0, 0.1) is 6.92 Å². The first kappa shape index (κ1) is 8.27. The highest BCUT2D eigenvalue weighted by Gasteiger charge is 2.10. The van der Waals surface area contributed by atoms with Crippen LogP contribution < -0.4 is 0 Å². The molecule has 0 saturated heterocycles. The van der Waals surface area contributed by atoms with E-state index in [2.05, 4.69) is 5.10 Å². The summed E-state index contributed by atoms with van der Waals surface area (Å²) >= 11 is 0. The lowest BCUT2D eigenvalue weighted by atomic mass is 10.1. The lowest BCUT2D eigenvalue weighted by Crippen LogP contribution is -1.94. The fourth-order valence-corrected chi connectivity index (χ4v) is 1.16. The lowest BCUT2D eigenvalue weighted by Gasteiger charge is -2.03. The quantitative estimate of drug-likeness (QED) is 0.694. The molecule has 1 heterocycles. The molecule has 0 fully saturated rings. The maximum Gasteiger partial charge on any atom is 0.0820 e. The molecule has 0 amide bonds. The average Bonchev–Trinajstić information content (AvgIpc) is 2.28. The molecule has 1 atom stereocenters. The second-order valence-corrected chi connectivity index (χ2v) is 2.77. The summed E-state index contributed by atoms with van der Waals surface area (Å²) in [5.74, 6) is 0. The van der Waals surface area contributed by atoms with E-state index in [0.717, 1.165) is 17.7 Å². The minimum atomic E-state index is -0.358. The van der Waals surface area contributed by atoms with Gasteiger partial charge < -0.3 is 5.11 Å². The molecule has 1 rings (SSSR count). The third-order valence-corrected chi connectivity index (χ3v) is 1.80. The van der Waals surface area contributed by atoms with Crippen LogP contribution in [0.5, 0.6) is 0 Å². The minimum absolute atomic E-state index is 0.358. The summed E-state index contributed by atoms with van der Waals surface area (Å²) in [5, 5.41) is 13.6. The number of aliphatic hydroxyl groups is 1. The van der Waals surface area contributed by atoms with Gasteiger partial charge in [-0.25, -0.2) is 0 Å². The minimum Gasteiger partial charge on any atom is -0.388 e. The molecule has 3 nitrogen and oxygen atoms in total. The van der Waals surface area contributed by atoms with Crippen LogP contribution in [0.2, 0.25) is 0 Å². The van der Waals surface area contributed by atoms with Crippen molar-refractivity contribution >= 4 is 0 Å².